The quantitative estimate of drug-likeness (QED) is 0.572. The molecule has 0 aliphatic rings. The van der Waals surface area contributed by atoms with Gasteiger partial charge in [0, 0.05) is 0 Å². The van der Waals surface area contributed by atoms with Crippen molar-refractivity contribution in [2.45, 2.75) is 19.6 Å². The molecule has 0 heterocycles. The van der Waals surface area contributed by atoms with Crippen LogP contribution in [0.15, 0.2) is 42.5 Å². The second-order valence-electron chi connectivity index (χ2n) is 3.17. The van der Waals surface area contributed by atoms with Crippen LogP contribution in [0.1, 0.15) is 12.5 Å². The minimum Gasteiger partial charge on any atom is -0.389 e. The molecule has 1 N–H and O–H groups in total. The summed E-state index contributed by atoms with van der Waals surface area (Å²) in [5.41, 5.74) is 1.16. The first-order valence-corrected chi connectivity index (χ1v) is 4.75. The van der Waals surface area contributed by atoms with E-state index in [1.807, 2.05) is 36.4 Å². The summed E-state index contributed by atoms with van der Waals surface area (Å²) < 4.78 is 5.37. The van der Waals surface area contributed by atoms with E-state index in [0.29, 0.717) is 13.2 Å². The lowest BCUT2D eigenvalue weighted by molar-refractivity contribution is 0.147. The maximum Gasteiger partial charge on any atom is 0.0721 e. The van der Waals surface area contributed by atoms with Crippen LogP contribution in [-0.4, -0.2) is 17.8 Å². The van der Waals surface area contributed by atoms with Crippen molar-refractivity contribution in [2.75, 3.05) is 6.61 Å². The Balaban J connectivity index is 2.16. The highest BCUT2D eigenvalue weighted by Crippen LogP contribution is 2.00. The van der Waals surface area contributed by atoms with Crippen LogP contribution in [0.4, 0.5) is 0 Å². The van der Waals surface area contributed by atoms with Crippen LogP contribution in [-0.2, 0) is 11.3 Å². The summed E-state index contributed by atoms with van der Waals surface area (Å²) >= 11 is 0. The van der Waals surface area contributed by atoms with E-state index in [9.17, 15) is 0 Å². The van der Waals surface area contributed by atoms with E-state index in [2.05, 4.69) is 0 Å². The van der Waals surface area contributed by atoms with Gasteiger partial charge in [-0.1, -0.05) is 42.5 Å². The molecule has 1 aromatic rings. The predicted octanol–water partition coefficient (Wildman–Crippen LogP) is 2.14. The highest BCUT2D eigenvalue weighted by atomic mass is 16.5. The molecule has 0 amide bonds. The molecule has 2 nitrogen and oxygen atoms in total. The average Bonchev–Trinajstić information content (AvgIpc) is 2.18. The van der Waals surface area contributed by atoms with E-state index in [-0.39, 0.29) is 0 Å². The molecule has 1 rings (SSSR count). The third-order valence-electron chi connectivity index (χ3n) is 1.74. The largest absolute Gasteiger partial charge is 0.389 e. The van der Waals surface area contributed by atoms with Crippen molar-refractivity contribution in [3.63, 3.8) is 0 Å². The van der Waals surface area contributed by atoms with Gasteiger partial charge in [0.15, 0.2) is 0 Å². The molecular formula is C12H16O2. The van der Waals surface area contributed by atoms with Gasteiger partial charge in [0.2, 0.25) is 0 Å². The fourth-order valence-corrected chi connectivity index (χ4v) is 1.07. The van der Waals surface area contributed by atoms with E-state index < -0.39 is 6.10 Å². The minimum absolute atomic E-state index is 0.393. The molecule has 1 atom stereocenters. The van der Waals surface area contributed by atoms with Crippen molar-refractivity contribution in [1.82, 2.24) is 0 Å². The monoisotopic (exact) mass is 192 g/mol. The minimum atomic E-state index is -0.393. The van der Waals surface area contributed by atoms with Crippen molar-refractivity contribution in [3.8, 4) is 0 Å². The SMILES string of the molecule is C[C@@H](O)/C=C/COCc1ccccc1. The topological polar surface area (TPSA) is 29.5 Å². The van der Waals surface area contributed by atoms with Crippen molar-refractivity contribution >= 4 is 0 Å². The summed E-state index contributed by atoms with van der Waals surface area (Å²) in [6.45, 7) is 2.87. The number of benzene rings is 1. The first-order chi connectivity index (χ1) is 6.79. The smallest absolute Gasteiger partial charge is 0.0721 e. The van der Waals surface area contributed by atoms with Crippen molar-refractivity contribution < 1.29 is 9.84 Å². The summed E-state index contributed by atoms with van der Waals surface area (Å²) in [4.78, 5) is 0. The normalized spacial score (nSPS) is 13.3. The fourth-order valence-electron chi connectivity index (χ4n) is 1.07. The first kappa shape index (κ1) is 11.0. The third-order valence-corrected chi connectivity index (χ3v) is 1.74. The molecule has 0 spiro atoms. The zero-order valence-electron chi connectivity index (χ0n) is 8.39. The highest BCUT2D eigenvalue weighted by molar-refractivity contribution is 5.13. The first-order valence-electron chi connectivity index (χ1n) is 4.75. The summed E-state index contributed by atoms with van der Waals surface area (Å²) in [5.74, 6) is 0. The molecule has 0 bridgehead atoms. The molecule has 0 unspecified atom stereocenters. The Hall–Kier alpha value is -1.12. The zero-order chi connectivity index (χ0) is 10.2. The Morgan fingerprint density at radius 1 is 1.36 bits per heavy atom. The van der Waals surface area contributed by atoms with Crippen LogP contribution in [0.3, 0.4) is 0 Å². The Morgan fingerprint density at radius 2 is 2.07 bits per heavy atom. The van der Waals surface area contributed by atoms with Gasteiger partial charge in [-0.05, 0) is 12.5 Å². The van der Waals surface area contributed by atoms with Gasteiger partial charge in [-0.15, -0.1) is 0 Å². The molecule has 76 valence electrons. The van der Waals surface area contributed by atoms with Crippen LogP contribution in [0.2, 0.25) is 0 Å². The van der Waals surface area contributed by atoms with E-state index in [1.165, 1.54) is 0 Å². The van der Waals surface area contributed by atoms with Gasteiger partial charge in [0.1, 0.15) is 0 Å². The number of hydrogen-bond donors (Lipinski definition) is 1. The van der Waals surface area contributed by atoms with E-state index in [1.54, 1.807) is 13.0 Å². The number of rotatable bonds is 5. The molecule has 14 heavy (non-hydrogen) atoms. The second-order valence-corrected chi connectivity index (χ2v) is 3.17. The van der Waals surface area contributed by atoms with Gasteiger partial charge in [0.25, 0.3) is 0 Å². The fraction of sp³-hybridized carbons (Fsp3) is 0.333. The van der Waals surface area contributed by atoms with Gasteiger partial charge in [-0.2, -0.15) is 0 Å². The van der Waals surface area contributed by atoms with E-state index >= 15 is 0 Å². The van der Waals surface area contributed by atoms with E-state index in [0.717, 1.165) is 5.56 Å². The number of aliphatic hydroxyl groups excluding tert-OH is 1. The van der Waals surface area contributed by atoms with Crippen molar-refractivity contribution in [3.05, 3.63) is 48.0 Å². The zero-order valence-corrected chi connectivity index (χ0v) is 8.39. The lowest BCUT2D eigenvalue weighted by Crippen LogP contribution is -1.96. The van der Waals surface area contributed by atoms with Crippen LogP contribution < -0.4 is 0 Å². The average molecular weight is 192 g/mol. The van der Waals surface area contributed by atoms with Gasteiger partial charge in [-0.25, -0.2) is 0 Å². The van der Waals surface area contributed by atoms with Gasteiger partial charge in [-0.3, -0.25) is 0 Å². The molecule has 0 aliphatic carbocycles. The molecule has 0 aliphatic heterocycles. The number of ether oxygens (including phenoxy) is 1. The standard InChI is InChI=1S/C12H16O2/c1-11(13)6-5-9-14-10-12-7-3-2-4-8-12/h2-8,11,13H,9-10H2,1H3/b6-5+/t11-/m1/s1. The Bertz CT molecular complexity index is 265. The molecule has 2 heteroatoms. The van der Waals surface area contributed by atoms with Gasteiger partial charge in [0.05, 0.1) is 19.3 Å². The van der Waals surface area contributed by atoms with E-state index in [4.69, 9.17) is 9.84 Å². The summed E-state index contributed by atoms with van der Waals surface area (Å²) in [5, 5.41) is 8.93. The third kappa shape index (κ3) is 4.80. The van der Waals surface area contributed by atoms with Crippen LogP contribution in [0.25, 0.3) is 0 Å². The van der Waals surface area contributed by atoms with Crippen LogP contribution >= 0.6 is 0 Å². The Morgan fingerprint density at radius 3 is 2.71 bits per heavy atom. The maximum atomic E-state index is 8.93. The molecule has 0 radical (unpaired) electrons. The Labute approximate surface area is 84.8 Å². The molecule has 0 saturated heterocycles. The second kappa shape index (κ2) is 6.35. The molecule has 0 aromatic heterocycles. The van der Waals surface area contributed by atoms with Crippen molar-refractivity contribution in [2.24, 2.45) is 0 Å². The summed E-state index contributed by atoms with van der Waals surface area (Å²) in [7, 11) is 0. The maximum absolute atomic E-state index is 8.93. The lowest BCUT2D eigenvalue weighted by atomic mass is 10.2. The van der Waals surface area contributed by atoms with Crippen LogP contribution in [0, 0.1) is 0 Å². The van der Waals surface area contributed by atoms with Gasteiger partial charge < -0.3 is 9.84 Å². The predicted molar refractivity (Wildman–Crippen MR) is 56.9 cm³/mol. The Kier molecular flexibility index (Phi) is 4.97. The van der Waals surface area contributed by atoms with Gasteiger partial charge >= 0.3 is 0 Å². The highest BCUT2D eigenvalue weighted by Gasteiger charge is 1.89. The lowest BCUT2D eigenvalue weighted by Gasteiger charge is -2.00. The molecule has 0 saturated carbocycles. The van der Waals surface area contributed by atoms with Crippen molar-refractivity contribution in [1.29, 1.82) is 0 Å². The van der Waals surface area contributed by atoms with Crippen LogP contribution in [0.5, 0.6) is 0 Å². The summed E-state index contributed by atoms with van der Waals surface area (Å²) in [6.07, 6.45) is 3.15. The molecular weight excluding hydrogens is 176 g/mol. The number of aliphatic hydroxyl groups is 1. The molecule has 1 aromatic carbocycles. The summed E-state index contributed by atoms with van der Waals surface area (Å²) in [6, 6.07) is 10.0. The number of hydrogen-bond acceptors (Lipinski definition) is 2. The molecule has 0 fully saturated rings.